The predicted molar refractivity (Wildman–Crippen MR) is 77.5 cm³/mol. The predicted octanol–water partition coefficient (Wildman–Crippen LogP) is 3.80. The molecule has 3 N–H and O–H groups in total. The Hall–Kier alpha value is -1.52. The summed E-state index contributed by atoms with van der Waals surface area (Å²) >= 11 is 7.19. The van der Waals surface area contributed by atoms with E-state index in [4.69, 9.17) is 17.3 Å². The van der Waals surface area contributed by atoms with E-state index in [1.807, 2.05) is 24.3 Å². The van der Waals surface area contributed by atoms with Crippen LogP contribution in [0.25, 0.3) is 0 Å². The number of hydrogen-bond donors (Lipinski definition) is 2. The molecule has 0 unspecified atom stereocenters. The van der Waals surface area contributed by atoms with Gasteiger partial charge in [-0.3, -0.25) is 4.79 Å². The molecule has 18 heavy (non-hydrogen) atoms. The number of hydrogen-bond acceptors (Lipinski definition) is 4. The lowest BCUT2D eigenvalue weighted by Crippen LogP contribution is -1.96. The van der Waals surface area contributed by atoms with E-state index in [1.165, 1.54) is 18.3 Å². The van der Waals surface area contributed by atoms with E-state index in [2.05, 4.69) is 5.32 Å². The van der Waals surface area contributed by atoms with Gasteiger partial charge in [-0.15, -0.1) is 11.3 Å². The van der Waals surface area contributed by atoms with Crippen molar-refractivity contribution >= 4 is 39.4 Å². The first-order chi connectivity index (χ1) is 8.56. The van der Waals surface area contributed by atoms with Gasteiger partial charge in [0.05, 0.1) is 15.6 Å². The Morgan fingerprint density at radius 2 is 2.06 bits per heavy atom. The number of Topliss-reactive ketones (excluding diaryl/α,β-unsaturated/α-hetero) is 1. The summed E-state index contributed by atoms with van der Waals surface area (Å²) in [5.41, 5.74) is 7.42. The van der Waals surface area contributed by atoms with E-state index in [9.17, 15) is 4.79 Å². The number of nitrogens with one attached hydrogen (secondary N) is 1. The zero-order valence-corrected chi connectivity index (χ0v) is 11.4. The van der Waals surface area contributed by atoms with Gasteiger partial charge in [0.15, 0.2) is 5.78 Å². The first kappa shape index (κ1) is 12.9. The van der Waals surface area contributed by atoms with E-state index in [0.717, 1.165) is 15.6 Å². The smallest absolute Gasteiger partial charge is 0.171 e. The van der Waals surface area contributed by atoms with Gasteiger partial charge >= 0.3 is 0 Å². The normalized spacial score (nSPS) is 10.3. The lowest BCUT2D eigenvalue weighted by molar-refractivity contribution is 0.102. The number of carbonyl (C=O) groups excluding carboxylic acids is 1. The van der Waals surface area contributed by atoms with Crippen molar-refractivity contribution in [1.82, 2.24) is 0 Å². The van der Waals surface area contributed by atoms with Gasteiger partial charge in [0, 0.05) is 18.5 Å². The molecule has 0 bridgehead atoms. The van der Waals surface area contributed by atoms with Crippen molar-refractivity contribution in [3.05, 3.63) is 45.8 Å². The largest absolute Gasteiger partial charge is 0.397 e. The number of anilines is 2. The number of halogens is 1. The van der Waals surface area contributed by atoms with Crippen molar-refractivity contribution in [1.29, 1.82) is 0 Å². The third-order valence-electron chi connectivity index (χ3n) is 2.46. The summed E-state index contributed by atoms with van der Waals surface area (Å²) in [6, 6.07) is 9.40. The van der Waals surface area contributed by atoms with E-state index in [1.54, 1.807) is 6.07 Å². The highest BCUT2D eigenvalue weighted by Crippen LogP contribution is 2.29. The first-order valence-electron chi connectivity index (χ1n) is 5.45. The molecule has 0 atom stereocenters. The summed E-state index contributed by atoms with van der Waals surface area (Å²) in [5.74, 6) is -0.00274. The molecule has 0 aliphatic heterocycles. The van der Waals surface area contributed by atoms with Gasteiger partial charge in [0.1, 0.15) is 0 Å². The quantitative estimate of drug-likeness (QED) is 0.838. The molecule has 1 heterocycles. The Kier molecular flexibility index (Phi) is 3.89. The van der Waals surface area contributed by atoms with Gasteiger partial charge in [-0.1, -0.05) is 23.7 Å². The number of thiophene rings is 1. The van der Waals surface area contributed by atoms with Crippen LogP contribution in [0.5, 0.6) is 0 Å². The van der Waals surface area contributed by atoms with E-state index in [0.29, 0.717) is 17.1 Å². The lowest BCUT2D eigenvalue weighted by Gasteiger charge is -2.03. The Bertz CT molecular complexity index is 563. The van der Waals surface area contributed by atoms with Crippen LogP contribution in [-0.2, 0) is 6.54 Å². The highest BCUT2D eigenvalue weighted by molar-refractivity contribution is 7.18. The number of rotatable bonds is 4. The SMILES string of the molecule is CC(=O)c1sc(NCc2ccc(Cl)cc2)cc1N. The minimum Gasteiger partial charge on any atom is -0.397 e. The topological polar surface area (TPSA) is 55.1 Å². The highest BCUT2D eigenvalue weighted by Gasteiger charge is 2.09. The van der Waals surface area contributed by atoms with Crippen LogP contribution in [0.2, 0.25) is 5.02 Å². The molecule has 0 saturated carbocycles. The molecule has 0 saturated heterocycles. The van der Waals surface area contributed by atoms with Crippen LogP contribution in [0.1, 0.15) is 22.2 Å². The minimum absolute atomic E-state index is 0.00274. The minimum atomic E-state index is -0.00274. The van der Waals surface area contributed by atoms with Crippen molar-refractivity contribution in [3.8, 4) is 0 Å². The van der Waals surface area contributed by atoms with Gasteiger partial charge in [0.25, 0.3) is 0 Å². The van der Waals surface area contributed by atoms with Gasteiger partial charge in [-0.05, 0) is 23.8 Å². The standard InChI is InChI=1S/C13H13ClN2OS/c1-8(17)13-11(15)6-12(18-13)16-7-9-2-4-10(14)5-3-9/h2-6,16H,7,15H2,1H3. The molecule has 5 heteroatoms. The van der Waals surface area contributed by atoms with Crippen LogP contribution >= 0.6 is 22.9 Å². The molecule has 2 aromatic rings. The van der Waals surface area contributed by atoms with Crippen molar-refractivity contribution in [3.63, 3.8) is 0 Å². The van der Waals surface area contributed by atoms with E-state index < -0.39 is 0 Å². The molecule has 2 rings (SSSR count). The fourth-order valence-corrected chi connectivity index (χ4v) is 2.56. The molecule has 0 radical (unpaired) electrons. The maximum atomic E-state index is 11.3. The molecule has 3 nitrogen and oxygen atoms in total. The van der Waals surface area contributed by atoms with Crippen LogP contribution in [0, 0.1) is 0 Å². The Morgan fingerprint density at radius 1 is 1.39 bits per heavy atom. The molecule has 0 amide bonds. The number of benzene rings is 1. The summed E-state index contributed by atoms with van der Waals surface area (Å²) < 4.78 is 0. The Labute approximate surface area is 115 Å². The number of ketones is 1. The molecular weight excluding hydrogens is 268 g/mol. The van der Waals surface area contributed by atoms with Gasteiger partial charge < -0.3 is 11.1 Å². The first-order valence-corrected chi connectivity index (χ1v) is 6.64. The van der Waals surface area contributed by atoms with Crippen molar-refractivity contribution < 1.29 is 4.79 Å². The third-order valence-corrected chi connectivity index (χ3v) is 3.92. The Balaban J connectivity index is 2.04. The molecular formula is C13H13ClN2OS. The molecule has 0 aliphatic carbocycles. The van der Waals surface area contributed by atoms with Gasteiger partial charge in [-0.25, -0.2) is 0 Å². The second-order valence-corrected chi connectivity index (χ2v) is 5.42. The van der Waals surface area contributed by atoms with Gasteiger partial charge in [-0.2, -0.15) is 0 Å². The zero-order valence-electron chi connectivity index (χ0n) is 9.87. The highest BCUT2D eigenvalue weighted by atomic mass is 35.5. The fourth-order valence-electron chi connectivity index (χ4n) is 1.56. The second-order valence-electron chi connectivity index (χ2n) is 3.93. The summed E-state index contributed by atoms with van der Waals surface area (Å²) in [4.78, 5) is 11.9. The number of nitrogens with two attached hydrogens (primary N) is 1. The maximum absolute atomic E-state index is 11.3. The number of carbonyl (C=O) groups is 1. The molecule has 1 aromatic heterocycles. The van der Waals surface area contributed by atoms with Crippen molar-refractivity contribution in [2.24, 2.45) is 0 Å². The van der Waals surface area contributed by atoms with Crippen LogP contribution in [0.15, 0.2) is 30.3 Å². The zero-order chi connectivity index (χ0) is 13.1. The monoisotopic (exact) mass is 280 g/mol. The Morgan fingerprint density at radius 3 is 2.61 bits per heavy atom. The van der Waals surface area contributed by atoms with E-state index >= 15 is 0 Å². The number of nitrogen functional groups attached to an aromatic ring is 1. The fraction of sp³-hybridized carbons (Fsp3) is 0.154. The summed E-state index contributed by atoms with van der Waals surface area (Å²) in [6.07, 6.45) is 0. The van der Waals surface area contributed by atoms with Gasteiger partial charge in [0.2, 0.25) is 0 Å². The molecule has 0 spiro atoms. The van der Waals surface area contributed by atoms with Crippen LogP contribution in [0.4, 0.5) is 10.7 Å². The maximum Gasteiger partial charge on any atom is 0.171 e. The molecule has 1 aromatic carbocycles. The van der Waals surface area contributed by atoms with Crippen LogP contribution in [0.3, 0.4) is 0 Å². The lowest BCUT2D eigenvalue weighted by atomic mass is 10.2. The summed E-state index contributed by atoms with van der Waals surface area (Å²) in [5, 5.41) is 4.86. The molecule has 0 aliphatic rings. The summed E-state index contributed by atoms with van der Waals surface area (Å²) in [7, 11) is 0. The van der Waals surface area contributed by atoms with Crippen molar-refractivity contribution in [2.45, 2.75) is 13.5 Å². The average molecular weight is 281 g/mol. The molecule has 94 valence electrons. The van der Waals surface area contributed by atoms with E-state index in [-0.39, 0.29) is 5.78 Å². The second kappa shape index (κ2) is 5.42. The average Bonchev–Trinajstić information content (AvgIpc) is 2.70. The van der Waals surface area contributed by atoms with Crippen molar-refractivity contribution in [2.75, 3.05) is 11.1 Å². The molecule has 0 fully saturated rings. The van der Waals surface area contributed by atoms with Crippen LogP contribution in [-0.4, -0.2) is 5.78 Å². The summed E-state index contributed by atoms with van der Waals surface area (Å²) in [6.45, 7) is 2.19. The third kappa shape index (κ3) is 3.03. The van der Waals surface area contributed by atoms with Crippen LogP contribution < -0.4 is 11.1 Å².